The Morgan fingerprint density at radius 3 is 1.67 bits per heavy atom. The van der Waals surface area contributed by atoms with Gasteiger partial charge in [0.2, 0.25) is 5.91 Å². The SMILES string of the molecule is O=C(CCCC[C@@H]1SC[C@@H]2NC(=O)N[C@@H]21)Nc1ccccc1C(=O)N(CCP(c1ccccc1)c1ccccc1)CCP(c1ccccc1)c1ccccc1. The zero-order valence-electron chi connectivity index (χ0n) is 30.9. The second-order valence-corrected chi connectivity index (χ2v) is 19.8. The van der Waals surface area contributed by atoms with Crippen molar-refractivity contribution in [2.75, 3.05) is 36.5 Å². The van der Waals surface area contributed by atoms with E-state index in [0.717, 1.165) is 37.3 Å². The van der Waals surface area contributed by atoms with Crippen molar-refractivity contribution in [1.29, 1.82) is 0 Å². The first kappa shape index (κ1) is 38.8. The topological polar surface area (TPSA) is 90.5 Å². The summed E-state index contributed by atoms with van der Waals surface area (Å²) >= 11 is 1.89. The summed E-state index contributed by atoms with van der Waals surface area (Å²) in [5, 5.41) is 14.7. The minimum absolute atomic E-state index is 0.0666. The highest BCUT2D eigenvalue weighted by Crippen LogP contribution is 2.36. The van der Waals surface area contributed by atoms with Crippen LogP contribution in [0.15, 0.2) is 146 Å². The van der Waals surface area contributed by atoms with Gasteiger partial charge in [-0.15, -0.1) is 0 Å². The minimum atomic E-state index is -0.714. The van der Waals surface area contributed by atoms with Crippen LogP contribution in [-0.4, -0.2) is 71.2 Å². The Bertz CT molecular complexity index is 1840. The van der Waals surface area contributed by atoms with Gasteiger partial charge < -0.3 is 20.9 Å². The molecule has 0 radical (unpaired) electrons. The number of nitrogens with one attached hydrogen (secondary N) is 3. The summed E-state index contributed by atoms with van der Waals surface area (Å²) in [6, 6.07) is 50.3. The van der Waals surface area contributed by atoms with Crippen molar-refractivity contribution in [1.82, 2.24) is 15.5 Å². The number of rotatable bonds is 17. The highest BCUT2D eigenvalue weighted by Gasteiger charge is 2.42. The normalized spacial score (nSPS) is 17.4. The summed E-state index contributed by atoms with van der Waals surface area (Å²) in [6.45, 7) is 1.17. The first-order valence-corrected chi connectivity index (χ1v) is 23.3. The smallest absolute Gasteiger partial charge is 0.315 e. The van der Waals surface area contributed by atoms with Gasteiger partial charge in [0.25, 0.3) is 5.91 Å². The number of anilines is 1. The fourth-order valence-electron chi connectivity index (χ4n) is 7.44. The van der Waals surface area contributed by atoms with Crippen LogP contribution in [0.2, 0.25) is 0 Å². The zero-order chi connectivity index (χ0) is 37.8. The van der Waals surface area contributed by atoms with Crippen molar-refractivity contribution in [3.63, 3.8) is 0 Å². The van der Waals surface area contributed by atoms with E-state index in [1.807, 2.05) is 40.9 Å². The molecule has 2 saturated heterocycles. The number of thioether (sulfide) groups is 1. The molecule has 5 aromatic carbocycles. The van der Waals surface area contributed by atoms with E-state index in [4.69, 9.17) is 0 Å². The molecule has 0 aromatic heterocycles. The van der Waals surface area contributed by atoms with Crippen molar-refractivity contribution >= 4 is 72.4 Å². The molecule has 2 aliphatic rings. The molecule has 55 heavy (non-hydrogen) atoms. The predicted molar refractivity (Wildman–Crippen MR) is 233 cm³/mol. The van der Waals surface area contributed by atoms with E-state index in [1.54, 1.807) is 0 Å². The fraction of sp³-hybridized carbons (Fsp3) is 0.267. The number of benzene rings is 5. The van der Waals surface area contributed by atoms with Crippen molar-refractivity contribution < 1.29 is 14.4 Å². The van der Waals surface area contributed by atoms with Gasteiger partial charge in [-0.2, -0.15) is 11.8 Å². The quantitative estimate of drug-likeness (QED) is 0.0536. The molecule has 2 fully saturated rings. The second-order valence-electron chi connectivity index (χ2n) is 13.9. The van der Waals surface area contributed by atoms with Gasteiger partial charge in [0, 0.05) is 30.5 Å². The maximum absolute atomic E-state index is 14.8. The van der Waals surface area contributed by atoms with E-state index in [9.17, 15) is 14.4 Å². The molecule has 0 unspecified atom stereocenters. The molecular weight excluding hydrogens is 739 g/mol. The Kier molecular flexibility index (Phi) is 13.7. The van der Waals surface area contributed by atoms with Crippen LogP contribution in [0.5, 0.6) is 0 Å². The Morgan fingerprint density at radius 1 is 0.655 bits per heavy atom. The number of para-hydroxylation sites is 1. The summed E-state index contributed by atoms with van der Waals surface area (Å²) < 4.78 is 0. The van der Waals surface area contributed by atoms with Crippen molar-refractivity contribution in [3.8, 4) is 0 Å². The molecule has 5 aromatic rings. The van der Waals surface area contributed by atoms with E-state index in [0.29, 0.717) is 36.0 Å². The number of hydrogen-bond donors (Lipinski definition) is 3. The third kappa shape index (κ3) is 10.2. The van der Waals surface area contributed by atoms with Gasteiger partial charge in [0.05, 0.1) is 23.3 Å². The van der Waals surface area contributed by atoms with Crippen LogP contribution in [0.3, 0.4) is 0 Å². The molecule has 0 aliphatic carbocycles. The van der Waals surface area contributed by atoms with Crippen LogP contribution >= 0.6 is 27.6 Å². The summed E-state index contributed by atoms with van der Waals surface area (Å²) in [4.78, 5) is 41.9. The standard InChI is InChI=1S/C45H48N4O3P2S/c50-42(28-16-15-27-41-43-40(33-55-41)47-45(52)48-43)46-39-26-14-13-25-38(39)44(51)49(29-31-53(34-17-5-1-6-18-34)35-19-7-2-8-20-35)30-32-54(36-21-9-3-10-22-36)37-23-11-4-12-24-37/h1-14,17-26,40-41,43H,15-16,27-33H2,(H,46,50)(H2,47,48,52)/t40-,41-,43-/m0/s1. The fourth-order valence-corrected chi connectivity index (χ4v) is 13.6. The average molecular weight is 787 g/mol. The van der Waals surface area contributed by atoms with E-state index in [-0.39, 0.29) is 29.9 Å². The van der Waals surface area contributed by atoms with E-state index in [1.165, 1.54) is 21.2 Å². The van der Waals surface area contributed by atoms with Crippen molar-refractivity contribution in [3.05, 3.63) is 151 Å². The molecule has 0 saturated carbocycles. The van der Waals surface area contributed by atoms with Crippen molar-refractivity contribution in [2.24, 2.45) is 0 Å². The van der Waals surface area contributed by atoms with Crippen LogP contribution in [0, 0.1) is 0 Å². The number of urea groups is 1. The molecule has 3 N–H and O–H groups in total. The number of carbonyl (C=O) groups is 3. The molecule has 7 rings (SSSR count). The highest BCUT2D eigenvalue weighted by molar-refractivity contribution is 8.00. The number of carbonyl (C=O) groups excluding carboxylic acids is 3. The van der Waals surface area contributed by atoms with Gasteiger partial charge in [-0.25, -0.2) is 4.79 Å². The summed E-state index contributed by atoms with van der Waals surface area (Å²) in [7, 11) is -1.43. The van der Waals surface area contributed by atoms with Crippen LogP contribution < -0.4 is 37.2 Å². The first-order chi connectivity index (χ1) is 27.0. The van der Waals surface area contributed by atoms with Gasteiger partial charge in [0.15, 0.2) is 0 Å². The monoisotopic (exact) mass is 786 g/mol. The average Bonchev–Trinajstić information content (AvgIpc) is 3.79. The third-order valence-corrected chi connectivity index (χ3v) is 16.7. The lowest BCUT2D eigenvalue weighted by molar-refractivity contribution is -0.116. The lowest BCUT2D eigenvalue weighted by Crippen LogP contribution is -2.37. The molecule has 3 atom stereocenters. The zero-order valence-corrected chi connectivity index (χ0v) is 33.5. The number of nitrogens with zero attached hydrogens (tertiary/aromatic N) is 1. The third-order valence-electron chi connectivity index (χ3n) is 10.3. The maximum atomic E-state index is 14.8. The second kappa shape index (κ2) is 19.4. The molecule has 4 amide bonds. The van der Waals surface area contributed by atoms with Crippen molar-refractivity contribution in [2.45, 2.75) is 43.0 Å². The van der Waals surface area contributed by atoms with Crippen LogP contribution in [0.25, 0.3) is 0 Å². The molecule has 2 heterocycles. The Morgan fingerprint density at radius 2 is 1.15 bits per heavy atom. The molecule has 10 heteroatoms. The van der Waals surface area contributed by atoms with E-state index in [2.05, 4.69) is 137 Å². The Balaban J connectivity index is 1.07. The lowest BCUT2D eigenvalue weighted by atomic mass is 10.0. The largest absolute Gasteiger partial charge is 0.338 e. The number of fused-ring (bicyclic) bond motifs is 1. The summed E-state index contributed by atoms with van der Waals surface area (Å²) in [6.07, 6.45) is 4.61. The summed E-state index contributed by atoms with van der Waals surface area (Å²) in [5.41, 5.74) is 1.07. The van der Waals surface area contributed by atoms with Gasteiger partial charge in [-0.05, 0) is 74.4 Å². The predicted octanol–water partition coefficient (Wildman–Crippen LogP) is 7.06. The molecule has 282 valence electrons. The van der Waals surface area contributed by atoms with E-state index >= 15 is 0 Å². The molecule has 0 spiro atoms. The van der Waals surface area contributed by atoms with Crippen LogP contribution in [-0.2, 0) is 4.79 Å². The molecule has 0 bridgehead atoms. The first-order valence-electron chi connectivity index (χ1n) is 19.2. The Hall–Kier alpha value is -4.48. The number of amides is 4. The highest BCUT2D eigenvalue weighted by atomic mass is 32.2. The van der Waals surface area contributed by atoms with Gasteiger partial charge in [0.1, 0.15) is 0 Å². The number of hydrogen-bond acceptors (Lipinski definition) is 4. The van der Waals surface area contributed by atoms with Crippen LogP contribution in [0.4, 0.5) is 10.5 Å². The number of unbranched alkanes of at least 4 members (excludes halogenated alkanes) is 1. The van der Waals surface area contributed by atoms with E-state index < -0.39 is 15.8 Å². The van der Waals surface area contributed by atoms with Gasteiger partial charge in [-0.1, -0.05) is 140 Å². The minimum Gasteiger partial charge on any atom is -0.338 e. The van der Waals surface area contributed by atoms with Gasteiger partial charge in [-0.3, -0.25) is 9.59 Å². The molecule has 2 aliphatic heterocycles. The Labute approximate surface area is 331 Å². The maximum Gasteiger partial charge on any atom is 0.315 e. The molecule has 7 nitrogen and oxygen atoms in total. The summed E-state index contributed by atoms with van der Waals surface area (Å²) in [5.74, 6) is 0.771. The van der Waals surface area contributed by atoms with Crippen LogP contribution in [0.1, 0.15) is 36.0 Å². The van der Waals surface area contributed by atoms with Gasteiger partial charge >= 0.3 is 6.03 Å². The molecular formula is C45H48N4O3P2S. The lowest BCUT2D eigenvalue weighted by Gasteiger charge is -2.29.